The Morgan fingerprint density at radius 3 is 2.79 bits per heavy atom. The number of hydrogen-bond donors (Lipinski definition) is 1. The fraction of sp³-hybridized carbons (Fsp3) is 0.450. The molecule has 0 bridgehead atoms. The van der Waals surface area contributed by atoms with Gasteiger partial charge in [-0.1, -0.05) is 30.7 Å². The molecule has 0 unspecified atom stereocenters. The van der Waals surface area contributed by atoms with Gasteiger partial charge in [-0.15, -0.1) is 11.3 Å². The highest BCUT2D eigenvalue weighted by Gasteiger charge is 2.42. The van der Waals surface area contributed by atoms with Gasteiger partial charge in [-0.05, 0) is 43.2 Å². The largest absolute Gasteiger partial charge is 0.487 e. The molecule has 1 aromatic heterocycles. The summed E-state index contributed by atoms with van der Waals surface area (Å²) in [7, 11) is 0. The van der Waals surface area contributed by atoms with Crippen LogP contribution in [0.4, 0.5) is 0 Å². The number of nitrogens with one attached hydrogen (secondary N) is 1. The molecule has 0 radical (unpaired) electrons. The highest BCUT2D eigenvalue weighted by atomic mass is 32.1. The standard InChI is InChI=1S/C20H23NO2S/c22-19(13-15-7-6-12-24-15)21-17-14-20(10-4-1-5-11-20)23-18-9-3-2-8-16(17)18/h2-3,6-9,12,17H,1,4-5,10-11,13-14H2,(H,21,22)/t17-/m0/s1. The van der Waals surface area contributed by atoms with E-state index in [9.17, 15) is 4.79 Å². The minimum atomic E-state index is -0.0898. The maximum Gasteiger partial charge on any atom is 0.225 e. The summed E-state index contributed by atoms with van der Waals surface area (Å²) in [4.78, 5) is 13.6. The third-order valence-corrected chi connectivity index (χ3v) is 6.09. The first-order chi connectivity index (χ1) is 11.7. The van der Waals surface area contributed by atoms with Crippen LogP contribution in [-0.4, -0.2) is 11.5 Å². The van der Waals surface area contributed by atoms with E-state index in [0.29, 0.717) is 6.42 Å². The van der Waals surface area contributed by atoms with E-state index in [1.807, 2.05) is 35.7 Å². The molecule has 2 heterocycles. The minimum Gasteiger partial charge on any atom is -0.487 e. The predicted octanol–water partition coefficient (Wildman–Crippen LogP) is 4.63. The van der Waals surface area contributed by atoms with Crippen molar-refractivity contribution in [2.75, 3.05) is 0 Å². The Hall–Kier alpha value is -1.81. The van der Waals surface area contributed by atoms with Crippen molar-refractivity contribution in [3.8, 4) is 5.75 Å². The molecule has 0 saturated heterocycles. The van der Waals surface area contributed by atoms with Crippen LogP contribution in [0.2, 0.25) is 0 Å². The van der Waals surface area contributed by atoms with E-state index in [2.05, 4.69) is 11.4 Å². The van der Waals surface area contributed by atoms with Gasteiger partial charge in [0.15, 0.2) is 0 Å². The lowest BCUT2D eigenvalue weighted by atomic mass is 9.77. The molecule has 1 fully saturated rings. The zero-order chi connectivity index (χ0) is 16.4. The van der Waals surface area contributed by atoms with Crippen molar-refractivity contribution in [2.24, 2.45) is 0 Å². The monoisotopic (exact) mass is 341 g/mol. The molecule has 1 amide bonds. The number of fused-ring (bicyclic) bond motifs is 1. The van der Waals surface area contributed by atoms with Crippen LogP contribution in [0, 0.1) is 0 Å². The summed E-state index contributed by atoms with van der Waals surface area (Å²) in [6.45, 7) is 0. The maximum atomic E-state index is 12.5. The molecule has 1 atom stereocenters. The summed E-state index contributed by atoms with van der Waals surface area (Å²) < 4.78 is 6.43. The van der Waals surface area contributed by atoms with E-state index >= 15 is 0 Å². The van der Waals surface area contributed by atoms with E-state index in [0.717, 1.165) is 35.5 Å². The van der Waals surface area contributed by atoms with Crippen molar-refractivity contribution in [1.82, 2.24) is 5.32 Å². The first-order valence-corrected chi connectivity index (χ1v) is 9.72. The Balaban J connectivity index is 1.55. The van der Waals surface area contributed by atoms with Gasteiger partial charge in [0, 0.05) is 16.9 Å². The van der Waals surface area contributed by atoms with E-state index < -0.39 is 0 Å². The van der Waals surface area contributed by atoms with Crippen LogP contribution in [-0.2, 0) is 11.2 Å². The van der Waals surface area contributed by atoms with Gasteiger partial charge in [0.2, 0.25) is 5.91 Å². The van der Waals surface area contributed by atoms with Gasteiger partial charge in [0.05, 0.1) is 12.5 Å². The third-order valence-electron chi connectivity index (χ3n) is 5.21. The summed E-state index contributed by atoms with van der Waals surface area (Å²) in [6.07, 6.45) is 7.28. The summed E-state index contributed by atoms with van der Waals surface area (Å²) >= 11 is 1.63. The van der Waals surface area contributed by atoms with Crippen LogP contribution < -0.4 is 10.1 Å². The Bertz CT molecular complexity index is 704. The van der Waals surface area contributed by atoms with Gasteiger partial charge in [0.1, 0.15) is 11.4 Å². The van der Waals surface area contributed by atoms with Gasteiger partial charge in [-0.3, -0.25) is 4.79 Å². The number of para-hydroxylation sites is 1. The molecule has 1 aliphatic heterocycles. The molecule has 24 heavy (non-hydrogen) atoms. The highest BCUT2D eigenvalue weighted by Crippen LogP contribution is 2.46. The zero-order valence-electron chi connectivity index (χ0n) is 13.8. The van der Waals surface area contributed by atoms with Crippen molar-refractivity contribution in [3.63, 3.8) is 0 Å². The van der Waals surface area contributed by atoms with Crippen molar-refractivity contribution in [2.45, 2.75) is 56.6 Å². The second-order valence-corrected chi connectivity index (χ2v) is 8.00. The molecule has 3 nitrogen and oxygen atoms in total. The van der Waals surface area contributed by atoms with Crippen LogP contribution >= 0.6 is 11.3 Å². The van der Waals surface area contributed by atoms with E-state index in [4.69, 9.17) is 4.74 Å². The van der Waals surface area contributed by atoms with E-state index in [1.54, 1.807) is 11.3 Å². The average molecular weight is 341 g/mol. The number of ether oxygens (including phenoxy) is 1. The Labute approximate surface area is 147 Å². The molecule has 2 aromatic rings. The quantitative estimate of drug-likeness (QED) is 0.883. The number of thiophene rings is 1. The number of amides is 1. The van der Waals surface area contributed by atoms with Gasteiger partial charge >= 0.3 is 0 Å². The van der Waals surface area contributed by atoms with Crippen LogP contribution in [0.15, 0.2) is 41.8 Å². The van der Waals surface area contributed by atoms with Crippen molar-refractivity contribution in [1.29, 1.82) is 0 Å². The van der Waals surface area contributed by atoms with Crippen LogP contribution in [0.3, 0.4) is 0 Å². The predicted molar refractivity (Wildman–Crippen MR) is 96.4 cm³/mol. The molecule has 1 spiro atoms. The summed E-state index contributed by atoms with van der Waals surface area (Å²) in [5.41, 5.74) is 1.03. The number of rotatable bonds is 3. The molecular formula is C20H23NO2S. The molecule has 1 aliphatic carbocycles. The molecule has 1 saturated carbocycles. The van der Waals surface area contributed by atoms with Gasteiger partial charge in [0.25, 0.3) is 0 Å². The molecule has 4 rings (SSSR count). The fourth-order valence-corrected chi connectivity index (χ4v) is 4.77. The first kappa shape index (κ1) is 15.7. The molecule has 4 heteroatoms. The molecular weight excluding hydrogens is 318 g/mol. The van der Waals surface area contributed by atoms with Crippen LogP contribution in [0.25, 0.3) is 0 Å². The number of hydrogen-bond acceptors (Lipinski definition) is 3. The van der Waals surface area contributed by atoms with E-state index in [-0.39, 0.29) is 17.6 Å². The average Bonchev–Trinajstić information content (AvgIpc) is 3.08. The first-order valence-electron chi connectivity index (χ1n) is 8.84. The number of carbonyl (C=O) groups excluding carboxylic acids is 1. The summed E-state index contributed by atoms with van der Waals surface area (Å²) in [6, 6.07) is 12.2. The Morgan fingerprint density at radius 2 is 2.00 bits per heavy atom. The highest BCUT2D eigenvalue weighted by molar-refractivity contribution is 7.10. The molecule has 1 aromatic carbocycles. The third kappa shape index (κ3) is 3.20. The lowest BCUT2D eigenvalue weighted by molar-refractivity contribution is -0.122. The fourth-order valence-electron chi connectivity index (χ4n) is 4.07. The lowest BCUT2D eigenvalue weighted by Gasteiger charge is -2.44. The summed E-state index contributed by atoms with van der Waals surface area (Å²) in [5.74, 6) is 1.05. The van der Waals surface area contributed by atoms with Crippen LogP contribution in [0.1, 0.15) is 55.0 Å². The van der Waals surface area contributed by atoms with Crippen molar-refractivity contribution >= 4 is 17.2 Å². The normalized spacial score (nSPS) is 21.8. The Morgan fingerprint density at radius 1 is 1.17 bits per heavy atom. The minimum absolute atomic E-state index is 0.0560. The zero-order valence-corrected chi connectivity index (χ0v) is 14.6. The summed E-state index contributed by atoms with van der Waals surface area (Å²) in [5, 5.41) is 5.29. The SMILES string of the molecule is O=C(Cc1cccs1)N[C@H]1CC2(CCCCC2)Oc2ccccc21. The van der Waals surface area contributed by atoms with Crippen molar-refractivity contribution in [3.05, 3.63) is 52.2 Å². The Kier molecular flexibility index (Phi) is 4.31. The number of benzene rings is 1. The van der Waals surface area contributed by atoms with Crippen LogP contribution in [0.5, 0.6) is 5.75 Å². The smallest absolute Gasteiger partial charge is 0.225 e. The maximum absolute atomic E-state index is 12.5. The molecule has 126 valence electrons. The second kappa shape index (κ2) is 6.60. The van der Waals surface area contributed by atoms with Gasteiger partial charge in [-0.2, -0.15) is 0 Å². The van der Waals surface area contributed by atoms with Gasteiger partial charge < -0.3 is 10.1 Å². The second-order valence-electron chi connectivity index (χ2n) is 6.96. The van der Waals surface area contributed by atoms with Gasteiger partial charge in [-0.25, -0.2) is 0 Å². The topological polar surface area (TPSA) is 38.3 Å². The van der Waals surface area contributed by atoms with Crippen molar-refractivity contribution < 1.29 is 9.53 Å². The molecule has 2 aliphatic rings. The van der Waals surface area contributed by atoms with E-state index in [1.165, 1.54) is 19.3 Å². The lowest BCUT2D eigenvalue weighted by Crippen LogP contribution is -2.46. The molecule has 1 N–H and O–H groups in total. The number of carbonyl (C=O) groups is 1.